The van der Waals surface area contributed by atoms with Crippen LogP contribution in [0, 0.1) is 12.3 Å². The zero-order valence-corrected chi connectivity index (χ0v) is 11.4. The van der Waals surface area contributed by atoms with Gasteiger partial charge in [-0.2, -0.15) is 0 Å². The Kier molecular flexibility index (Phi) is 3.32. The van der Waals surface area contributed by atoms with Gasteiger partial charge < -0.3 is 4.98 Å². The second-order valence-electron chi connectivity index (χ2n) is 4.17. The van der Waals surface area contributed by atoms with Gasteiger partial charge in [0.2, 0.25) is 0 Å². The minimum absolute atomic E-state index is 0.193. The van der Waals surface area contributed by atoms with Gasteiger partial charge in [0.1, 0.15) is 5.82 Å². The number of fused-ring (bicyclic) bond motifs is 1. The van der Waals surface area contributed by atoms with Crippen molar-refractivity contribution in [2.45, 2.75) is 4.90 Å². The van der Waals surface area contributed by atoms with Crippen molar-refractivity contribution in [2.24, 2.45) is 0 Å². The molecule has 3 aromatic rings. The van der Waals surface area contributed by atoms with E-state index < -0.39 is 10.8 Å². The number of hydrogen-bond donors (Lipinski definition) is 1. The summed E-state index contributed by atoms with van der Waals surface area (Å²) >= 11 is 0. The lowest BCUT2D eigenvalue weighted by molar-refractivity contribution is 0.685. The molecule has 3 rings (SSSR count). The van der Waals surface area contributed by atoms with Gasteiger partial charge in [0.15, 0.2) is 0 Å². The quantitative estimate of drug-likeness (QED) is 0.750. The average molecular weight is 281 g/mol. The van der Waals surface area contributed by atoms with E-state index in [2.05, 4.69) is 20.9 Å². The van der Waals surface area contributed by atoms with Crippen molar-refractivity contribution in [3.8, 4) is 23.7 Å². The molecule has 0 saturated heterocycles. The number of aromatic nitrogens is 3. The van der Waals surface area contributed by atoms with Crippen molar-refractivity contribution in [1.29, 1.82) is 0 Å². The zero-order valence-electron chi connectivity index (χ0n) is 10.5. The van der Waals surface area contributed by atoms with Gasteiger partial charge in [0.25, 0.3) is 0 Å². The summed E-state index contributed by atoms with van der Waals surface area (Å²) in [5, 5.41) is 0. The summed E-state index contributed by atoms with van der Waals surface area (Å²) < 4.78 is 12.2. The fraction of sp³-hybridized carbons (Fsp3) is 0.0667. The van der Waals surface area contributed by atoms with Crippen molar-refractivity contribution in [3.05, 3.63) is 42.7 Å². The Labute approximate surface area is 118 Å². The second-order valence-corrected chi connectivity index (χ2v) is 5.59. The van der Waals surface area contributed by atoms with E-state index in [9.17, 15) is 4.21 Å². The minimum Gasteiger partial charge on any atom is -0.337 e. The maximum absolute atomic E-state index is 12.2. The molecule has 1 aromatic carbocycles. The van der Waals surface area contributed by atoms with Gasteiger partial charge in [-0.3, -0.25) is 9.19 Å². The number of aromatic amines is 1. The number of imidazole rings is 1. The number of terminal acetylenes is 1. The van der Waals surface area contributed by atoms with Crippen LogP contribution in [0.5, 0.6) is 0 Å². The summed E-state index contributed by atoms with van der Waals surface area (Å²) in [6.45, 7) is 0. The molecule has 5 heteroatoms. The van der Waals surface area contributed by atoms with Crippen molar-refractivity contribution < 1.29 is 4.21 Å². The van der Waals surface area contributed by atoms with E-state index in [4.69, 9.17) is 6.42 Å². The molecular weight excluding hydrogens is 270 g/mol. The number of hydrogen-bond acceptors (Lipinski definition) is 3. The fourth-order valence-electron chi connectivity index (χ4n) is 2.00. The number of nitrogens with one attached hydrogen (secondary N) is 1. The standard InChI is InChI=1S/C15H11N3OS/c1-2-9-20(19)14-6-4-3-5-11(14)15-17-12-7-8-16-10-13(12)18-15/h1,3-8,10H,9H2,(H,17,18). The maximum atomic E-state index is 12.2. The molecule has 1 atom stereocenters. The molecule has 20 heavy (non-hydrogen) atoms. The number of pyridine rings is 1. The van der Waals surface area contributed by atoms with Gasteiger partial charge in [-0.1, -0.05) is 24.1 Å². The van der Waals surface area contributed by atoms with E-state index >= 15 is 0 Å². The summed E-state index contributed by atoms with van der Waals surface area (Å²) in [6, 6.07) is 9.26. The molecule has 0 aliphatic heterocycles. The van der Waals surface area contributed by atoms with Gasteiger partial charge >= 0.3 is 0 Å². The third kappa shape index (κ3) is 2.22. The zero-order chi connectivity index (χ0) is 13.9. The van der Waals surface area contributed by atoms with E-state index in [0.717, 1.165) is 16.6 Å². The highest BCUT2D eigenvalue weighted by atomic mass is 32.2. The molecule has 0 radical (unpaired) electrons. The van der Waals surface area contributed by atoms with Crippen molar-refractivity contribution in [3.63, 3.8) is 0 Å². The topological polar surface area (TPSA) is 58.6 Å². The molecule has 0 fully saturated rings. The molecule has 0 bridgehead atoms. The highest BCUT2D eigenvalue weighted by molar-refractivity contribution is 7.85. The molecule has 98 valence electrons. The van der Waals surface area contributed by atoms with Crippen LogP contribution in [0.25, 0.3) is 22.4 Å². The molecule has 2 aromatic heterocycles. The Morgan fingerprint density at radius 1 is 1.30 bits per heavy atom. The summed E-state index contributed by atoms with van der Waals surface area (Å²) in [6.07, 6.45) is 8.65. The lowest BCUT2D eigenvalue weighted by Crippen LogP contribution is -1.98. The lowest BCUT2D eigenvalue weighted by Gasteiger charge is -2.04. The number of benzene rings is 1. The fourth-order valence-corrected chi connectivity index (χ4v) is 2.95. The van der Waals surface area contributed by atoms with Crippen LogP contribution in [-0.2, 0) is 10.8 Å². The first-order valence-corrected chi connectivity index (χ1v) is 7.32. The predicted molar refractivity (Wildman–Crippen MR) is 79.4 cm³/mol. The van der Waals surface area contributed by atoms with Crippen LogP contribution in [-0.4, -0.2) is 24.9 Å². The molecule has 0 aliphatic carbocycles. The number of rotatable bonds is 3. The Morgan fingerprint density at radius 2 is 2.15 bits per heavy atom. The van der Waals surface area contributed by atoms with Gasteiger partial charge in [-0.05, 0) is 12.1 Å². The monoisotopic (exact) mass is 281 g/mol. The summed E-state index contributed by atoms with van der Waals surface area (Å²) in [7, 11) is -1.23. The van der Waals surface area contributed by atoms with Crippen molar-refractivity contribution in [2.75, 3.05) is 5.75 Å². The van der Waals surface area contributed by atoms with Crippen LogP contribution in [0.4, 0.5) is 0 Å². The first kappa shape index (κ1) is 12.6. The Morgan fingerprint density at radius 3 is 2.95 bits per heavy atom. The smallest absolute Gasteiger partial charge is 0.139 e. The highest BCUT2D eigenvalue weighted by Crippen LogP contribution is 2.25. The van der Waals surface area contributed by atoms with Gasteiger partial charge in [0.05, 0.1) is 38.7 Å². The van der Waals surface area contributed by atoms with E-state index in [-0.39, 0.29) is 5.75 Å². The van der Waals surface area contributed by atoms with E-state index in [0.29, 0.717) is 10.7 Å². The minimum atomic E-state index is -1.23. The molecule has 0 spiro atoms. The van der Waals surface area contributed by atoms with Gasteiger partial charge in [-0.25, -0.2) is 4.98 Å². The molecule has 4 nitrogen and oxygen atoms in total. The lowest BCUT2D eigenvalue weighted by atomic mass is 10.2. The third-order valence-electron chi connectivity index (χ3n) is 2.89. The van der Waals surface area contributed by atoms with Crippen LogP contribution in [0.1, 0.15) is 0 Å². The number of nitrogens with zero attached hydrogens (tertiary/aromatic N) is 2. The van der Waals surface area contributed by atoms with Crippen LogP contribution in [0.3, 0.4) is 0 Å². The Bertz CT molecular complexity index is 799. The van der Waals surface area contributed by atoms with Crippen LogP contribution in [0.2, 0.25) is 0 Å². The van der Waals surface area contributed by atoms with Gasteiger partial charge in [0, 0.05) is 11.8 Å². The third-order valence-corrected chi connectivity index (χ3v) is 4.16. The highest BCUT2D eigenvalue weighted by Gasteiger charge is 2.13. The van der Waals surface area contributed by atoms with Crippen LogP contribution in [0.15, 0.2) is 47.6 Å². The van der Waals surface area contributed by atoms with Crippen LogP contribution < -0.4 is 0 Å². The predicted octanol–water partition coefficient (Wildman–Crippen LogP) is 2.37. The van der Waals surface area contributed by atoms with E-state index in [1.165, 1.54) is 0 Å². The molecule has 0 aliphatic rings. The summed E-state index contributed by atoms with van der Waals surface area (Å²) in [4.78, 5) is 12.4. The normalized spacial score (nSPS) is 12.2. The van der Waals surface area contributed by atoms with Crippen molar-refractivity contribution >= 4 is 21.8 Å². The molecule has 2 heterocycles. The maximum Gasteiger partial charge on any atom is 0.139 e. The van der Waals surface area contributed by atoms with E-state index in [1.807, 2.05) is 30.3 Å². The summed E-state index contributed by atoms with van der Waals surface area (Å²) in [5.41, 5.74) is 2.48. The van der Waals surface area contributed by atoms with E-state index in [1.54, 1.807) is 12.4 Å². The Hall–Kier alpha value is -2.45. The largest absolute Gasteiger partial charge is 0.337 e. The first-order chi connectivity index (χ1) is 9.79. The van der Waals surface area contributed by atoms with Crippen molar-refractivity contribution in [1.82, 2.24) is 15.0 Å². The molecule has 0 saturated carbocycles. The average Bonchev–Trinajstić information content (AvgIpc) is 2.91. The SMILES string of the molecule is C#CCS(=O)c1ccccc1-c1nc2ccncc2[nH]1. The molecule has 1 unspecified atom stereocenters. The molecule has 1 N–H and O–H groups in total. The number of H-pyrrole nitrogens is 1. The first-order valence-electron chi connectivity index (χ1n) is 6.00. The molecular formula is C15H11N3OS. The molecule has 0 amide bonds. The summed E-state index contributed by atoms with van der Waals surface area (Å²) in [5.74, 6) is 3.30. The van der Waals surface area contributed by atoms with Crippen LogP contribution >= 0.6 is 0 Å². The van der Waals surface area contributed by atoms with Gasteiger partial charge in [-0.15, -0.1) is 6.42 Å². The Balaban J connectivity index is 2.14. The second kappa shape index (κ2) is 5.27.